The molecule has 2 aromatic rings. The molecule has 3 rings (SSSR count). The van der Waals surface area contributed by atoms with Crippen LogP contribution in [0.1, 0.15) is 62.8 Å². The highest BCUT2D eigenvalue weighted by Gasteiger charge is 2.31. The number of hydrogen-bond donors (Lipinski definition) is 0. The van der Waals surface area contributed by atoms with Gasteiger partial charge in [0.25, 0.3) is 0 Å². The van der Waals surface area contributed by atoms with Gasteiger partial charge in [0, 0.05) is 17.5 Å². The molecule has 0 saturated carbocycles. The number of carbonyl (C=O) groups is 2. The van der Waals surface area contributed by atoms with E-state index in [0.717, 1.165) is 53.3 Å². The van der Waals surface area contributed by atoms with Crippen molar-refractivity contribution >= 4 is 23.3 Å². The molecule has 1 aliphatic rings. The maximum atomic E-state index is 12.8. The summed E-state index contributed by atoms with van der Waals surface area (Å²) in [6, 6.07) is 6.13. The first-order valence-electron chi connectivity index (χ1n) is 8.62. The number of benzene rings is 1. The fourth-order valence-corrected chi connectivity index (χ4v) is 3.71. The highest BCUT2D eigenvalue weighted by Crippen LogP contribution is 2.41. The van der Waals surface area contributed by atoms with E-state index in [1.54, 1.807) is 4.57 Å². The Balaban J connectivity index is 2.22. The highest BCUT2D eigenvalue weighted by atomic mass is 16.6. The van der Waals surface area contributed by atoms with Crippen LogP contribution >= 0.6 is 0 Å². The van der Waals surface area contributed by atoms with Gasteiger partial charge in [-0.15, -0.1) is 0 Å². The van der Waals surface area contributed by atoms with Crippen LogP contribution in [0.5, 0.6) is 0 Å². The fraction of sp³-hybridized carbons (Fsp3) is 0.500. The van der Waals surface area contributed by atoms with Crippen molar-refractivity contribution in [1.29, 1.82) is 0 Å². The van der Waals surface area contributed by atoms with Crippen LogP contribution in [0.3, 0.4) is 0 Å². The predicted octanol–water partition coefficient (Wildman–Crippen LogP) is 4.74. The van der Waals surface area contributed by atoms with Crippen LogP contribution in [0, 0.1) is 6.92 Å². The molecule has 0 spiro atoms. The number of aryl methyl sites for hydroxylation is 1. The second-order valence-electron chi connectivity index (χ2n) is 7.69. The molecule has 128 valence electrons. The zero-order valence-electron chi connectivity index (χ0n) is 14.9. The largest absolute Gasteiger partial charge is 0.443 e. The lowest BCUT2D eigenvalue weighted by atomic mass is 9.83. The summed E-state index contributed by atoms with van der Waals surface area (Å²) in [5.41, 5.74) is 3.68. The van der Waals surface area contributed by atoms with Crippen LogP contribution in [0.25, 0.3) is 10.9 Å². The molecule has 1 aliphatic carbocycles. The summed E-state index contributed by atoms with van der Waals surface area (Å²) < 4.78 is 7.36. The molecule has 1 aromatic heterocycles. The van der Waals surface area contributed by atoms with Crippen molar-refractivity contribution < 1.29 is 14.3 Å². The molecule has 0 radical (unpaired) electrons. The van der Waals surface area contributed by atoms with Gasteiger partial charge >= 0.3 is 6.09 Å². The van der Waals surface area contributed by atoms with Gasteiger partial charge in [-0.25, -0.2) is 9.36 Å². The molecule has 0 N–H and O–H groups in total. The number of nitrogens with zero attached hydrogens (tertiary/aromatic N) is 1. The number of ether oxygens (including phenoxy) is 1. The van der Waals surface area contributed by atoms with Crippen LogP contribution in [-0.2, 0) is 16.0 Å². The summed E-state index contributed by atoms with van der Waals surface area (Å²) in [5, 5.41) is 1.09. The Morgan fingerprint density at radius 3 is 2.79 bits per heavy atom. The van der Waals surface area contributed by atoms with Gasteiger partial charge < -0.3 is 9.53 Å². The predicted molar refractivity (Wildman–Crippen MR) is 94.7 cm³/mol. The molecular formula is C20H25NO3. The lowest BCUT2D eigenvalue weighted by Crippen LogP contribution is -2.28. The van der Waals surface area contributed by atoms with Crippen LogP contribution in [0.4, 0.5) is 4.79 Å². The smallest absolute Gasteiger partial charge is 0.419 e. The van der Waals surface area contributed by atoms with Gasteiger partial charge in [-0.2, -0.15) is 0 Å². The maximum Gasteiger partial charge on any atom is 0.419 e. The van der Waals surface area contributed by atoms with Crippen molar-refractivity contribution in [2.75, 3.05) is 0 Å². The van der Waals surface area contributed by atoms with Gasteiger partial charge in [0.15, 0.2) is 0 Å². The highest BCUT2D eigenvalue weighted by molar-refractivity contribution is 5.95. The second-order valence-corrected chi connectivity index (χ2v) is 7.69. The number of aldehydes is 1. The Hall–Kier alpha value is -2.10. The van der Waals surface area contributed by atoms with E-state index in [9.17, 15) is 9.59 Å². The Morgan fingerprint density at radius 2 is 2.12 bits per heavy atom. The average molecular weight is 327 g/mol. The molecular weight excluding hydrogens is 302 g/mol. The minimum absolute atomic E-state index is 0.194. The molecule has 24 heavy (non-hydrogen) atoms. The number of fused-ring (bicyclic) bond motifs is 3. The average Bonchev–Trinajstić information content (AvgIpc) is 2.80. The van der Waals surface area contributed by atoms with Gasteiger partial charge in [0.05, 0.1) is 5.52 Å². The van der Waals surface area contributed by atoms with E-state index in [2.05, 4.69) is 6.07 Å². The van der Waals surface area contributed by atoms with Gasteiger partial charge in [0.2, 0.25) is 0 Å². The molecule has 1 heterocycles. The lowest BCUT2D eigenvalue weighted by Gasteiger charge is -2.24. The topological polar surface area (TPSA) is 48.3 Å². The van der Waals surface area contributed by atoms with E-state index in [1.807, 2.05) is 39.8 Å². The first kappa shape index (κ1) is 16.7. The molecule has 1 unspecified atom stereocenters. The van der Waals surface area contributed by atoms with Crippen molar-refractivity contribution in [3.63, 3.8) is 0 Å². The van der Waals surface area contributed by atoms with Gasteiger partial charge in [-0.1, -0.05) is 11.6 Å². The molecule has 0 fully saturated rings. The van der Waals surface area contributed by atoms with Crippen LogP contribution < -0.4 is 0 Å². The number of aromatic nitrogens is 1. The molecule has 4 heteroatoms. The number of rotatable bonds is 2. The first-order chi connectivity index (χ1) is 11.3. The van der Waals surface area contributed by atoms with Crippen molar-refractivity contribution in [2.45, 2.75) is 64.9 Å². The maximum absolute atomic E-state index is 12.8. The molecule has 0 aliphatic heterocycles. The molecule has 0 bridgehead atoms. The number of hydrogen-bond acceptors (Lipinski definition) is 3. The minimum atomic E-state index is -0.540. The van der Waals surface area contributed by atoms with E-state index in [0.29, 0.717) is 6.42 Å². The first-order valence-corrected chi connectivity index (χ1v) is 8.62. The zero-order chi connectivity index (χ0) is 17.5. The van der Waals surface area contributed by atoms with Gasteiger partial charge in [-0.05, 0) is 70.6 Å². The normalized spacial score (nSPS) is 17.6. The second kappa shape index (κ2) is 6.08. The summed E-state index contributed by atoms with van der Waals surface area (Å²) in [7, 11) is 0. The number of carbonyl (C=O) groups excluding carboxylic acids is 2. The summed E-state index contributed by atoms with van der Waals surface area (Å²) in [5.74, 6) is 0.194. The molecule has 0 saturated heterocycles. The SMILES string of the molecule is Cc1ccc2c(c1)c1c(n2C(=O)OC(C)(C)C)CCCC1CC=O. The molecule has 1 aromatic carbocycles. The van der Waals surface area contributed by atoms with Gasteiger partial charge in [-0.3, -0.25) is 0 Å². The van der Waals surface area contributed by atoms with E-state index in [4.69, 9.17) is 4.74 Å². The van der Waals surface area contributed by atoms with Gasteiger partial charge in [0.1, 0.15) is 11.9 Å². The van der Waals surface area contributed by atoms with E-state index >= 15 is 0 Å². The Morgan fingerprint density at radius 1 is 1.38 bits per heavy atom. The van der Waals surface area contributed by atoms with E-state index in [-0.39, 0.29) is 12.0 Å². The zero-order valence-corrected chi connectivity index (χ0v) is 14.9. The third-order valence-electron chi connectivity index (χ3n) is 4.60. The summed E-state index contributed by atoms with van der Waals surface area (Å²) in [6.07, 6.45) is 4.00. The summed E-state index contributed by atoms with van der Waals surface area (Å²) in [6.45, 7) is 7.68. The third-order valence-corrected chi connectivity index (χ3v) is 4.60. The third kappa shape index (κ3) is 2.97. The minimum Gasteiger partial charge on any atom is -0.443 e. The van der Waals surface area contributed by atoms with Crippen molar-refractivity contribution in [3.05, 3.63) is 35.0 Å². The molecule has 1 atom stereocenters. The molecule has 4 nitrogen and oxygen atoms in total. The van der Waals surface area contributed by atoms with Crippen molar-refractivity contribution in [2.24, 2.45) is 0 Å². The standard InChI is InChI=1S/C20H25NO3/c1-13-8-9-16-15(12-13)18-14(10-11-22)6-5-7-17(18)21(16)19(23)24-20(2,3)4/h8-9,11-12,14H,5-7,10H2,1-4H3. The monoisotopic (exact) mass is 327 g/mol. The van der Waals surface area contributed by atoms with Crippen molar-refractivity contribution in [1.82, 2.24) is 4.57 Å². The Labute approximate surface area is 142 Å². The van der Waals surface area contributed by atoms with Crippen LogP contribution in [0.15, 0.2) is 18.2 Å². The van der Waals surface area contributed by atoms with Crippen molar-refractivity contribution in [3.8, 4) is 0 Å². The summed E-state index contributed by atoms with van der Waals surface area (Å²) in [4.78, 5) is 23.9. The van der Waals surface area contributed by atoms with Crippen LogP contribution in [0.2, 0.25) is 0 Å². The van der Waals surface area contributed by atoms with Crippen LogP contribution in [-0.4, -0.2) is 22.5 Å². The van der Waals surface area contributed by atoms with E-state index in [1.165, 1.54) is 0 Å². The quantitative estimate of drug-likeness (QED) is 0.748. The Bertz CT molecular complexity index is 795. The Kier molecular flexibility index (Phi) is 4.24. The lowest BCUT2D eigenvalue weighted by molar-refractivity contribution is -0.108. The molecule has 0 amide bonds. The fourth-order valence-electron chi connectivity index (χ4n) is 3.71. The van der Waals surface area contributed by atoms with E-state index < -0.39 is 5.60 Å². The summed E-state index contributed by atoms with van der Waals surface area (Å²) >= 11 is 0.